The van der Waals surface area contributed by atoms with Crippen LogP contribution in [0, 0.1) is 23.1 Å². The fourth-order valence-corrected chi connectivity index (χ4v) is 5.33. The maximum atomic E-state index is 13.5. The lowest BCUT2D eigenvalue weighted by Crippen LogP contribution is -2.51. The number of carbonyl (C=O) groups excluding carboxylic acids is 1. The molecule has 2 bridgehead atoms. The van der Waals surface area contributed by atoms with Crippen molar-refractivity contribution in [2.45, 2.75) is 51.7 Å². The highest BCUT2D eigenvalue weighted by Gasteiger charge is 2.51. The maximum absolute atomic E-state index is 13.5. The van der Waals surface area contributed by atoms with Crippen molar-refractivity contribution >= 4 is 11.7 Å². The quantitative estimate of drug-likeness (QED) is 0.486. The number of piperidine rings is 1. The molecular weight excluding hydrogens is 410 g/mol. The molecule has 2 atom stereocenters. The van der Waals surface area contributed by atoms with Crippen molar-refractivity contribution in [1.82, 2.24) is 10.2 Å². The summed E-state index contributed by atoms with van der Waals surface area (Å²) in [5, 5.41) is 5.13. The van der Waals surface area contributed by atoms with E-state index in [0.29, 0.717) is 17.4 Å². The van der Waals surface area contributed by atoms with Crippen molar-refractivity contribution in [3.8, 4) is 0 Å². The first-order valence-electron chi connectivity index (χ1n) is 10.9. The van der Waals surface area contributed by atoms with Gasteiger partial charge in [0.1, 0.15) is 5.82 Å². The molecule has 2 amide bonds. The smallest absolute Gasteiger partial charge is 0.335 e. The number of nitrogens with zero attached hydrogens (tertiary/aromatic N) is 1. The predicted octanol–water partition coefficient (Wildman–Crippen LogP) is 5.42. The molecule has 3 aliphatic carbocycles. The molecule has 1 aromatic rings. The average molecular weight is 439 g/mol. The number of alkyl halides is 3. The molecule has 0 radical (unpaired) electrons. The van der Waals surface area contributed by atoms with Crippen LogP contribution in [0.25, 0.3) is 0 Å². The Morgan fingerprint density at radius 1 is 1.19 bits per heavy atom. The highest BCUT2D eigenvalue weighted by atomic mass is 19.4. The Bertz CT molecular complexity index is 872. The minimum absolute atomic E-state index is 0.0586. The predicted molar refractivity (Wildman–Crippen MR) is 111 cm³/mol. The Labute approximate surface area is 180 Å². The SMILES string of the molecule is CC1(C)[C@@H]2CC=C(CN3CCC(NC(=O)Nc4cc(F)cc(C(F)(F)F)c4)CC3)[C@H]1C2. The van der Waals surface area contributed by atoms with Crippen molar-refractivity contribution in [2.75, 3.05) is 25.0 Å². The number of anilines is 1. The van der Waals surface area contributed by atoms with Gasteiger partial charge in [0.25, 0.3) is 0 Å². The average Bonchev–Trinajstić information content (AvgIpc) is 2.68. The number of carbonyl (C=O) groups is 1. The van der Waals surface area contributed by atoms with Crippen molar-refractivity contribution in [2.24, 2.45) is 17.3 Å². The summed E-state index contributed by atoms with van der Waals surface area (Å²) < 4.78 is 52.0. The van der Waals surface area contributed by atoms with Gasteiger partial charge >= 0.3 is 12.2 Å². The minimum Gasteiger partial charge on any atom is -0.335 e. The van der Waals surface area contributed by atoms with Crippen molar-refractivity contribution in [3.63, 3.8) is 0 Å². The summed E-state index contributed by atoms with van der Waals surface area (Å²) in [4.78, 5) is 14.6. The number of rotatable bonds is 4. The first kappa shape index (κ1) is 22.1. The number of amides is 2. The van der Waals surface area contributed by atoms with Gasteiger partial charge in [-0.3, -0.25) is 4.90 Å². The lowest BCUT2D eigenvalue weighted by Gasteiger charge is -2.57. The molecule has 1 aliphatic heterocycles. The number of halogens is 4. The fraction of sp³-hybridized carbons (Fsp3) is 0.609. The van der Waals surface area contributed by atoms with E-state index in [0.717, 1.165) is 50.5 Å². The number of allylic oxidation sites excluding steroid dienone is 1. The molecule has 1 aromatic carbocycles. The Hall–Kier alpha value is -2.09. The van der Waals surface area contributed by atoms with Gasteiger partial charge in [0, 0.05) is 31.4 Å². The van der Waals surface area contributed by atoms with Gasteiger partial charge in [-0.15, -0.1) is 0 Å². The summed E-state index contributed by atoms with van der Waals surface area (Å²) in [5.41, 5.74) is 0.607. The second-order valence-electron chi connectivity index (χ2n) is 9.70. The third kappa shape index (κ3) is 4.73. The van der Waals surface area contributed by atoms with E-state index in [4.69, 9.17) is 0 Å². The Balaban J connectivity index is 1.25. The van der Waals surface area contributed by atoms with Crippen LogP contribution in [0.5, 0.6) is 0 Å². The van der Waals surface area contributed by atoms with Crippen LogP contribution < -0.4 is 10.6 Å². The summed E-state index contributed by atoms with van der Waals surface area (Å²) in [7, 11) is 0. The van der Waals surface area contributed by atoms with Crippen molar-refractivity contribution in [3.05, 3.63) is 41.2 Å². The van der Waals surface area contributed by atoms with E-state index in [9.17, 15) is 22.4 Å². The molecule has 31 heavy (non-hydrogen) atoms. The van der Waals surface area contributed by atoms with E-state index in [2.05, 4.69) is 35.5 Å². The number of benzene rings is 1. The fourth-order valence-electron chi connectivity index (χ4n) is 5.33. The van der Waals surface area contributed by atoms with Gasteiger partial charge in [-0.05, 0) is 61.1 Å². The van der Waals surface area contributed by atoms with E-state index < -0.39 is 23.6 Å². The van der Waals surface area contributed by atoms with Crippen LogP contribution in [0.2, 0.25) is 0 Å². The van der Waals surface area contributed by atoms with Crippen LogP contribution >= 0.6 is 0 Å². The molecule has 0 unspecified atom stereocenters. The zero-order valence-corrected chi connectivity index (χ0v) is 17.9. The van der Waals surface area contributed by atoms with E-state index in [1.54, 1.807) is 5.57 Å². The summed E-state index contributed by atoms with van der Waals surface area (Å²) >= 11 is 0. The van der Waals surface area contributed by atoms with Gasteiger partial charge in [0.05, 0.1) is 5.56 Å². The van der Waals surface area contributed by atoms with Gasteiger partial charge in [0.2, 0.25) is 0 Å². The van der Waals surface area contributed by atoms with Gasteiger partial charge in [-0.1, -0.05) is 25.5 Å². The number of fused-ring (bicyclic) bond motifs is 1. The van der Waals surface area contributed by atoms with Crippen LogP contribution in [0.1, 0.15) is 45.1 Å². The van der Waals surface area contributed by atoms with E-state index >= 15 is 0 Å². The molecule has 5 rings (SSSR count). The zero-order valence-electron chi connectivity index (χ0n) is 17.9. The molecule has 8 heteroatoms. The molecule has 4 nitrogen and oxygen atoms in total. The van der Waals surface area contributed by atoms with E-state index in [-0.39, 0.29) is 11.7 Å². The molecule has 1 saturated heterocycles. The van der Waals surface area contributed by atoms with Crippen LogP contribution in [-0.2, 0) is 6.18 Å². The molecule has 2 fully saturated rings. The Morgan fingerprint density at radius 3 is 2.52 bits per heavy atom. The molecule has 0 aromatic heterocycles. The standard InChI is InChI=1S/C23H29F4N3O/c1-22(2)15-4-3-14(20(22)11-15)13-30-7-5-18(6-8-30)28-21(31)29-19-10-16(23(25,26)27)9-17(24)12-19/h3,9-10,12,15,18,20H,4-8,11,13H2,1-2H3,(H2,28,29,31)/t15-,20-/m1/s1. The largest absolute Gasteiger partial charge is 0.416 e. The number of urea groups is 1. The topological polar surface area (TPSA) is 44.4 Å². The van der Waals surface area contributed by atoms with Gasteiger partial charge in [-0.2, -0.15) is 13.2 Å². The highest BCUT2D eigenvalue weighted by Crippen LogP contribution is 2.59. The monoisotopic (exact) mass is 439 g/mol. The molecule has 2 N–H and O–H groups in total. The van der Waals surface area contributed by atoms with E-state index in [1.165, 1.54) is 12.8 Å². The Morgan fingerprint density at radius 2 is 1.90 bits per heavy atom. The summed E-state index contributed by atoms with van der Waals surface area (Å²) in [6, 6.07) is 1.34. The number of nitrogens with one attached hydrogen (secondary N) is 2. The highest BCUT2D eigenvalue weighted by molar-refractivity contribution is 5.89. The van der Waals surface area contributed by atoms with Crippen molar-refractivity contribution < 1.29 is 22.4 Å². The molecule has 1 heterocycles. The lowest BCUT2D eigenvalue weighted by molar-refractivity contribution is -0.137. The van der Waals surface area contributed by atoms with Gasteiger partial charge < -0.3 is 10.6 Å². The van der Waals surface area contributed by atoms with Crippen LogP contribution in [0.15, 0.2) is 29.8 Å². The second-order valence-corrected chi connectivity index (χ2v) is 9.70. The third-order valence-electron chi connectivity index (χ3n) is 7.39. The molecule has 4 aliphatic rings. The summed E-state index contributed by atoms with van der Waals surface area (Å²) in [5.74, 6) is 0.456. The first-order valence-corrected chi connectivity index (χ1v) is 10.9. The van der Waals surface area contributed by atoms with Crippen molar-refractivity contribution in [1.29, 1.82) is 0 Å². The van der Waals surface area contributed by atoms with Gasteiger partial charge in [0.15, 0.2) is 0 Å². The minimum atomic E-state index is -4.68. The van der Waals surface area contributed by atoms with Crippen LogP contribution in [-0.4, -0.2) is 36.6 Å². The van der Waals surface area contributed by atoms with Crippen LogP contribution in [0.4, 0.5) is 28.0 Å². The number of likely N-dealkylation sites (tertiary alicyclic amines) is 1. The zero-order chi connectivity index (χ0) is 22.4. The third-order valence-corrected chi connectivity index (χ3v) is 7.39. The second kappa shape index (κ2) is 8.11. The molecule has 170 valence electrons. The maximum Gasteiger partial charge on any atom is 0.416 e. The van der Waals surface area contributed by atoms with E-state index in [1.807, 2.05) is 0 Å². The normalized spacial score (nSPS) is 26.1. The number of hydrogen-bond acceptors (Lipinski definition) is 2. The summed E-state index contributed by atoms with van der Waals surface area (Å²) in [6.07, 6.45) is 1.75. The molecule has 1 saturated carbocycles. The Kier molecular flexibility index (Phi) is 5.79. The first-order chi connectivity index (χ1) is 14.5. The number of hydrogen-bond donors (Lipinski definition) is 2. The van der Waals surface area contributed by atoms with Gasteiger partial charge in [-0.25, -0.2) is 9.18 Å². The van der Waals surface area contributed by atoms with Crippen LogP contribution in [0.3, 0.4) is 0 Å². The lowest BCUT2D eigenvalue weighted by atomic mass is 9.49. The molecular formula is C23H29F4N3O. The summed E-state index contributed by atoms with van der Waals surface area (Å²) in [6.45, 7) is 7.42. The molecule has 0 spiro atoms.